The minimum atomic E-state index is 0.692. The van der Waals surface area contributed by atoms with Gasteiger partial charge in [0.1, 0.15) is 11.2 Å². The lowest BCUT2D eigenvalue weighted by Gasteiger charge is -2.16. The van der Waals surface area contributed by atoms with Gasteiger partial charge in [0, 0.05) is 27.5 Å². The lowest BCUT2D eigenvalue weighted by molar-refractivity contribution is 0.669. The summed E-state index contributed by atoms with van der Waals surface area (Å²) in [5.74, 6) is 0.692. The minimum Gasteiger partial charge on any atom is -0.456 e. The van der Waals surface area contributed by atoms with Crippen LogP contribution in [0.2, 0.25) is 0 Å². The number of furan rings is 1. The molecule has 0 atom stereocenters. The molecule has 248 valence electrons. The first kappa shape index (κ1) is 30.7. The van der Waals surface area contributed by atoms with E-state index >= 15 is 0 Å². The number of hydrogen-bond donors (Lipinski definition) is 0. The molecule has 0 fully saturated rings. The normalized spacial score (nSPS) is 11.4. The molecular weight excluding hydrogens is 645 g/mol. The maximum Gasteiger partial charge on any atom is 0.160 e. The predicted octanol–water partition coefficient (Wildman–Crippen LogP) is 13.5. The van der Waals surface area contributed by atoms with E-state index in [-0.39, 0.29) is 0 Å². The molecule has 0 unspecified atom stereocenters. The highest BCUT2D eigenvalue weighted by atomic mass is 16.3. The average molecular weight is 677 g/mol. The van der Waals surface area contributed by atoms with E-state index in [1.165, 1.54) is 27.5 Å². The van der Waals surface area contributed by atoms with E-state index in [1.54, 1.807) is 0 Å². The molecule has 0 spiro atoms. The van der Waals surface area contributed by atoms with Gasteiger partial charge in [-0.25, -0.2) is 9.97 Å². The van der Waals surface area contributed by atoms with Gasteiger partial charge in [0.05, 0.1) is 11.4 Å². The maximum absolute atomic E-state index is 6.22. The Morgan fingerprint density at radius 1 is 0.283 bits per heavy atom. The third-order valence-electron chi connectivity index (χ3n) is 10.1. The van der Waals surface area contributed by atoms with Crippen molar-refractivity contribution in [3.63, 3.8) is 0 Å². The molecule has 0 saturated heterocycles. The second kappa shape index (κ2) is 12.9. The van der Waals surface area contributed by atoms with Gasteiger partial charge in [-0.2, -0.15) is 0 Å². The molecule has 8 aromatic carbocycles. The summed E-state index contributed by atoms with van der Waals surface area (Å²) in [6.45, 7) is 0. The highest BCUT2D eigenvalue weighted by Gasteiger charge is 2.17. The standard InChI is InChI=1S/C50H32N2O/c1-4-14-33(15-5-1)40-25-26-41(43-21-11-10-20-42(40)43)38-28-37(36-24-27-49-45(31-36)44-22-12-13-23-48(44)53-49)29-39(30-38)47-32-46(34-16-6-2-7-17-34)51-50(52-47)35-18-8-3-9-19-35/h1-32H. The molecule has 3 nitrogen and oxygen atoms in total. The molecule has 2 aromatic heterocycles. The lowest BCUT2D eigenvalue weighted by Crippen LogP contribution is -1.96. The van der Waals surface area contributed by atoms with Crippen molar-refractivity contribution in [2.75, 3.05) is 0 Å². The summed E-state index contributed by atoms with van der Waals surface area (Å²) in [7, 11) is 0. The molecule has 10 aromatic rings. The van der Waals surface area contributed by atoms with Gasteiger partial charge in [0.15, 0.2) is 5.82 Å². The third kappa shape index (κ3) is 5.65. The molecule has 0 aliphatic heterocycles. The van der Waals surface area contributed by atoms with Crippen LogP contribution in [0.25, 0.3) is 100.0 Å². The number of aromatic nitrogens is 2. The average Bonchev–Trinajstić information content (AvgIpc) is 3.62. The molecule has 10 rings (SSSR count). The highest BCUT2D eigenvalue weighted by Crippen LogP contribution is 2.41. The van der Waals surface area contributed by atoms with Gasteiger partial charge in [0.2, 0.25) is 0 Å². The van der Waals surface area contributed by atoms with Crippen molar-refractivity contribution < 1.29 is 4.42 Å². The van der Waals surface area contributed by atoms with Crippen LogP contribution >= 0.6 is 0 Å². The molecular formula is C50H32N2O. The van der Waals surface area contributed by atoms with Crippen LogP contribution in [0.5, 0.6) is 0 Å². The zero-order chi connectivity index (χ0) is 35.1. The largest absolute Gasteiger partial charge is 0.456 e. The summed E-state index contributed by atoms with van der Waals surface area (Å²) in [5, 5.41) is 4.63. The Morgan fingerprint density at radius 3 is 1.49 bits per heavy atom. The summed E-state index contributed by atoms with van der Waals surface area (Å²) in [4.78, 5) is 10.3. The highest BCUT2D eigenvalue weighted by molar-refractivity contribution is 6.07. The SMILES string of the molecule is c1ccc(-c2cc(-c3cc(-c4ccc5oc6ccccc6c5c4)cc(-c4ccc(-c5ccccc5)c5ccccc45)c3)nc(-c3ccccc3)n2)cc1. The van der Waals surface area contributed by atoms with Gasteiger partial charge in [-0.05, 0) is 86.6 Å². The van der Waals surface area contributed by atoms with Crippen molar-refractivity contribution in [2.45, 2.75) is 0 Å². The smallest absolute Gasteiger partial charge is 0.160 e. The summed E-state index contributed by atoms with van der Waals surface area (Å²) in [6, 6.07) is 68.2. The number of para-hydroxylation sites is 1. The van der Waals surface area contributed by atoms with Crippen molar-refractivity contribution in [1.82, 2.24) is 9.97 Å². The minimum absolute atomic E-state index is 0.692. The molecule has 0 N–H and O–H groups in total. The Labute approximate surface area is 307 Å². The first-order valence-corrected chi connectivity index (χ1v) is 17.9. The van der Waals surface area contributed by atoms with Crippen molar-refractivity contribution in [2.24, 2.45) is 0 Å². The summed E-state index contributed by atoms with van der Waals surface area (Å²) in [6.07, 6.45) is 0. The van der Waals surface area contributed by atoms with Crippen LogP contribution in [0.15, 0.2) is 199 Å². The molecule has 3 heteroatoms. The zero-order valence-electron chi connectivity index (χ0n) is 28.8. The van der Waals surface area contributed by atoms with E-state index in [0.29, 0.717) is 5.82 Å². The van der Waals surface area contributed by atoms with Gasteiger partial charge < -0.3 is 4.42 Å². The van der Waals surface area contributed by atoms with Gasteiger partial charge in [0.25, 0.3) is 0 Å². The summed E-state index contributed by atoms with van der Waals surface area (Å²) >= 11 is 0. The molecule has 0 aliphatic carbocycles. The summed E-state index contributed by atoms with van der Waals surface area (Å²) in [5.41, 5.74) is 13.5. The van der Waals surface area contributed by atoms with E-state index < -0.39 is 0 Å². The van der Waals surface area contributed by atoms with Crippen LogP contribution in [0.4, 0.5) is 0 Å². The Bertz CT molecular complexity index is 2870. The van der Waals surface area contributed by atoms with Crippen molar-refractivity contribution in [1.29, 1.82) is 0 Å². The fourth-order valence-corrected chi connectivity index (χ4v) is 7.49. The van der Waals surface area contributed by atoms with Crippen LogP contribution in [0.3, 0.4) is 0 Å². The molecule has 0 aliphatic rings. The van der Waals surface area contributed by atoms with Gasteiger partial charge in [-0.3, -0.25) is 0 Å². The number of fused-ring (bicyclic) bond motifs is 4. The first-order chi connectivity index (χ1) is 26.2. The first-order valence-electron chi connectivity index (χ1n) is 17.9. The third-order valence-corrected chi connectivity index (χ3v) is 10.1. The molecule has 53 heavy (non-hydrogen) atoms. The monoisotopic (exact) mass is 676 g/mol. The van der Waals surface area contributed by atoms with Crippen molar-refractivity contribution in [3.8, 4) is 67.3 Å². The van der Waals surface area contributed by atoms with E-state index in [0.717, 1.165) is 66.7 Å². The zero-order valence-corrected chi connectivity index (χ0v) is 28.8. The van der Waals surface area contributed by atoms with E-state index in [1.807, 2.05) is 36.4 Å². The fraction of sp³-hybridized carbons (Fsp3) is 0. The quantitative estimate of drug-likeness (QED) is 0.176. The molecule has 2 heterocycles. The van der Waals surface area contributed by atoms with Crippen LogP contribution < -0.4 is 0 Å². The van der Waals surface area contributed by atoms with Gasteiger partial charge in [-0.15, -0.1) is 0 Å². The number of benzene rings is 8. The van der Waals surface area contributed by atoms with Crippen LogP contribution in [-0.4, -0.2) is 9.97 Å². The number of hydrogen-bond acceptors (Lipinski definition) is 3. The predicted molar refractivity (Wildman–Crippen MR) is 219 cm³/mol. The molecule has 0 amide bonds. The maximum atomic E-state index is 6.22. The van der Waals surface area contributed by atoms with Crippen molar-refractivity contribution >= 4 is 32.7 Å². The number of rotatable bonds is 6. The van der Waals surface area contributed by atoms with E-state index in [4.69, 9.17) is 14.4 Å². The molecule has 0 radical (unpaired) electrons. The lowest BCUT2D eigenvalue weighted by atomic mass is 9.89. The number of nitrogens with zero attached hydrogens (tertiary/aromatic N) is 2. The van der Waals surface area contributed by atoms with Crippen LogP contribution in [-0.2, 0) is 0 Å². The Morgan fingerprint density at radius 2 is 0.792 bits per heavy atom. The molecule has 0 saturated carbocycles. The van der Waals surface area contributed by atoms with E-state index in [9.17, 15) is 0 Å². The van der Waals surface area contributed by atoms with Gasteiger partial charge in [-0.1, -0.05) is 152 Å². The second-order valence-corrected chi connectivity index (χ2v) is 13.4. The van der Waals surface area contributed by atoms with E-state index in [2.05, 4.69) is 158 Å². The second-order valence-electron chi connectivity index (χ2n) is 13.4. The Balaban J connectivity index is 1.23. The van der Waals surface area contributed by atoms with Crippen LogP contribution in [0.1, 0.15) is 0 Å². The van der Waals surface area contributed by atoms with Gasteiger partial charge >= 0.3 is 0 Å². The summed E-state index contributed by atoms with van der Waals surface area (Å²) < 4.78 is 6.22. The van der Waals surface area contributed by atoms with Crippen molar-refractivity contribution in [3.05, 3.63) is 194 Å². The Hall–Kier alpha value is -7.10. The fourth-order valence-electron chi connectivity index (χ4n) is 7.49. The van der Waals surface area contributed by atoms with Crippen LogP contribution in [0, 0.1) is 0 Å². The molecule has 0 bridgehead atoms. The Kier molecular flexibility index (Phi) is 7.47. The topological polar surface area (TPSA) is 38.9 Å².